The topological polar surface area (TPSA) is 77.2 Å². The molecule has 7 heteroatoms. The van der Waals surface area contributed by atoms with Crippen molar-refractivity contribution in [3.63, 3.8) is 0 Å². The molecule has 2 aromatic carbocycles. The van der Waals surface area contributed by atoms with Crippen LogP contribution in [-0.2, 0) is 4.79 Å². The molecule has 2 aromatic heterocycles. The van der Waals surface area contributed by atoms with Gasteiger partial charge in [0.2, 0.25) is 11.9 Å². The van der Waals surface area contributed by atoms with E-state index in [-0.39, 0.29) is 5.91 Å². The van der Waals surface area contributed by atoms with Crippen LogP contribution in [0.15, 0.2) is 60.9 Å². The Bertz CT molecular complexity index is 1260. The summed E-state index contributed by atoms with van der Waals surface area (Å²) in [7, 11) is 0. The number of piperazine rings is 1. The summed E-state index contributed by atoms with van der Waals surface area (Å²) in [5.74, 6) is 0.710. The highest BCUT2D eigenvalue weighted by Gasteiger charge is 2.18. The number of aromatic nitrogens is 3. The number of nitrogens with zero attached hydrogens (tertiary/aromatic N) is 4. The van der Waals surface area contributed by atoms with Crippen LogP contribution in [0.5, 0.6) is 0 Å². The monoisotopic (exact) mass is 426 g/mol. The zero-order valence-electron chi connectivity index (χ0n) is 18.3. The Morgan fingerprint density at radius 2 is 1.81 bits per heavy atom. The third kappa shape index (κ3) is 3.89. The summed E-state index contributed by atoms with van der Waals surface area (Å²) in [6.45, 7) is 6.96. The Morgan fingerprint density at radius 1 is 1.03 bits per heavy atom. The number of fused-ring (bicyclic) bond motifs is 1. The van der Waals surface area contributed by atoms with Crippen LogP contribution in [-0.4, -0.2) is 51.9 Å². The molecule has 1 fully saturated rings. The van der Waals surface area contributed by atoms with E-state index >= 15 is 0 Å². The molecule has 1 aliphatic heterocycles. The van der Waals surface area contributed by atoms with Crippen molar-refractivity contribution in [2.45, 2.75) is 13.8 Å². The molecular formula is C25H26N6O. The van der Waals surface area contributed by atoms with E-state index in [1.54, 1.807) is 13.1 Å². The van der Waals surface area contributed by atoms with Crippen LogP contribution in [0.25, 0.3) is 22.2 Å². The third-order valence-electron chi connectivity index (χ3n) is 6.07. The van der Waals surface area contributed by atoms with Gasteiger partial charge in [-0.3, -0.25) is 4.79 Å². The molecule has 0 radical (unpaired) electrons. The van der Waals surface area contributed by atoms with Crippen LogP contribution >= 0.6 is 0 Å². The van der Waals surface area contributed by atoms with Crippen molar-refractivity contribution in [3.05, 3.63) is 66.5 Å². The summed E-state index contributed by atoms with van der Waals surface area (Å²) < 4.78 is 0. The smallest absolute Gasteiger partial charge is 0.227 e. The van der Waals surface area contributed by atoms with Crippen LogP contribution in [0.1, 0.15) is 12.5 Å². The van der Waals surface area contributed by atoms with Gasteiger partial charge in [-0.05, 0) is 42.8 Å². The summed E-state index contributed by atoms with van der Waals surface area (Å²) in [6.07, 6.45) is 3.78. The van der Waals surface area contributed by atoms with Crippen molar-refractivity contribution in [1.82, 2.24) is 19.9 Å². The first-order valence-electron chi connectivity index (χ1n) is 10.9. The van der Waals surface area contributed by atoms with Crippen LogP contribution in [0.2, 0.25) is 0 Å². The lowest BCUT2D eigenvalue weighted by Crippen LogP contribution is -2.48. The minimum absolute atomic E-state index is 0.147. The average molecular weight is 427 g/mol. The molecule has 1 amide bonds. The second kappa shape index (κ2) is 8.34. The molecule has 3 heterocycles. The van der Waals surface area contributed by atoms with Crippen LogP contribution in [0, 0.1) is 6.92 Å². The largest absolute Gasteiger partial charge is 0.368 e. The molecule has 0 bridgehead atoms. The van der Waals surface area contributed by atoms with Gasteiger partial charge in [0.05, 0.1) is 5.69 Å². The third-order valence-corrected chi connectivity index (χ3v) is 6.07. The first-order valence-corrected chi connectivity index (χ1v) is 10.9. The Morgan fingerprint density at radius 3 is 2.56 bits per heavy atom. The standard InChI is InChI=1S/C25H26N6O/c1-17-4-3-5-21-22(16-27-24(17)21)23-10-11-26-25(29-23)28-19-6-8-20(9-7-19)31-14-12-30(13-15-31)18(2)32/h3-11,16,27H,12-15H2,1-2H3,(H,26,28,29). The van der Waals surface area contributed by atoms with Gasteiger partial charge in [0.1, 0.15) is 0 Å². The predicted octanol–water partition coefficient (Wildman–Crippen LogP) is 4.35. The van der Waals surface area contributed by atoms with E-state index in [1.807, 2.05) is 29.3 Å². The number of nitrogens with one attached hydrogen (secondary N) is 2. The molecule has 162 valence electrons. The van der Waals surface area contributed by atoms with E-state index in [9.17, 15) is 4.79 Å². The highest BCUT2D eigenvalue weighted by atomic mass is 16.2. The van der Waals surface area contributed by atoms with Gasteiger partial charge in [0.25, 0.3) is 0 Å². The maximum atomic E-state index is 11.5. The fraction of sp³-hybridized carbons (Fsp3) is 0.240. The van der Waals surface area contributed by atoms with Crippen molar-refractivity contribution < 1.29 is 4.79 Å². The Labute approximate surface area is 187 Å². The van der Waals surface area contributed by atoms with Gasteiger partial charge < -0.3 is 20.1 Å². The minimum Gasteiger partial charge on any atom is -0.368 e. The van der Waals surface area contributed by atoms with Gasteiger partial charge >= 0.3 is 0 Å². The highest BCUT2D eigenvalue weighted by Crippen LogP contribution is 2.29. The molecule has 5 rings (SSSR count). The fourth-order valence-corrected chi connectivity index (χ4v) is 4.25. The number of hydrogen-bond donors (Lipinski definition) is 2. The number of carbonyl (C=O) groups is 1. The second-order valence-corrected chi connectivity index (χ2v) is 8.13. The molecule has 7 nitrogen and oxygen atoms in total. The van der Waals surface area contributed by atoms with E-state index < -0.39 is 0 Å². The van der Waals surface area contributed by atoms with Crippen molar-refractivity contribution in [3.8, 4) is 11.3 Å². The number of rotatable bonds is 4. The summed E-state index contributed by atoms with van der Waals surface area (Å²) >= 11 is 0. The van der Waals surface area contributed by atoms with Crippen molar-refractivity contribution in [2.24, 2.45) is 0 Å². The molecule has 4 aromatic rings. The quantitative estimate of drug-likeness (QED) is 0.507. The lowest BCUT2D eigenvalue weighted by Gasteiger charge is -2.35. The number of carbonyl (C=O) groups excluding carboxylic acids is 1. The Kier molecular flexibility index (Phi) is 5.23. The van der Waals surface area contributed by atoms with Gasteiger partial charge in [-0.15, -0.1) is 0 Å². The number of benzene rings is 2. The Balaban J connectivity index is 1.31. The molecule has 1 saturated heterocycles. The van der Waals surface area contributed by atoms with Gasteiger partial charge in [0, 0.05) is 73.3 Å². The van der Waals surface area contributed by atoms with Gasteiger partial charge in [-0.2, -0.15) is 0 Å². The normalized spacial score (nSPS) is 14.1. The van der Waals surface area contributed by atoms with E-state index in [0.717, 1.165) is 59.7 Å². The molecule has 0 aliphatic carbocycles. The molecule has 1 aliphatic rings. The second-order valence-electron chi connectivity index (χ2n) is 8.13. The first kappa shape index (κ1) is 20.1. The van der Waals surface area contributed by atoms with E-state index in [1.165, 1.54) is 5.56 Å². The number of aryl methyl sites for hydroxylation is 1. The first-order chi connectivity index (χ1) is 15.6. The van der Waals surface area contributed by atoms with Crippen LogP contribution in [0.4, 0.5) is 17.3 Å². The zero-order valence-corrected chi connectivity index (χ0v) is 18.3. The molecule has 0 atom stereocenters. The Hall–Kier alpha value is -3.87. The van der Waals surface area contributed by atoms with Crippen LogP contribution in [0.3, 0.4) is 0 Å². The number of anilines is 3. The summed E-state index contributed by atoms with van der Waals surface area (Å²) in [5, 5.41) is 4.47. The van der Waals surface area contributed by atoms with Gasteiger partial charge in [-0.25, -0.2) is 9.97 Å². The van der Waals surface area contributed by atoms with Crippen molar-refractivity contribution >= 4 is 34.1 Å². The maximum Gasteiger partial charge on any atom is 0.227 e. The van der Waals surface area contributed by atoms with E-state index in [0.29, 0.717) is 5.95 Å². The molecule has 2 N–H and O–H groups in total. The van der Waals surface area contributed by atoms with Gasteiger partial charge in [-0.1, -0.05) is 18.2 Å². The zero-order chi connectivity index (χ0) is 22.1. The maximum absolute atomic E-state index is 11.5. The number of H-pyrrole nitrogens is 1. The number of aromatic amines is 1. The predicted molar refractivity (Wildman–Crippen MR) is 128 cm³/mol. The summed E-state index contributed by atoms with van der Waals surface area (Å²) in [4.78, 5) is 28.2. The van der Waals surface area contributed by atoms with Crippen LogP contribution < -0.4 is 10.2 Å². The average Bonchev–Trinajstić information content (AvgIpc) is 3.25. The molecule has 0 unspecified atom stereocenters. The molecule has 0 saturated carbocycles. The summed E-state index contributed by atoms with van der Waals surface area (Å²) in [5.41, 5.74) is 6.37. The van der Waals surface area contributed by atoms with Crippen molar-refractivity contribution in [1.29, 1.82) is 0 Å². The molecular weight excluding hydrogens is 400 g/mol. The number of amides is 1. The molecule has 32 heavy (non-hydrogen) atoms. The lowest BCUT2D eigenvalue weighted by molar-refractivity contribution is -0.129. The highest BCUT2D eigenvalue weighted by molar-refractivity contribution is 5.96. The SMILES string of the molecule is CC(=O)N1CCN(c2ccc(Nc3nccc(-c4c[nH]c5c(C)cccc45)n3)cc2)CC1. The van der Waals surface area contributed by atoms with E-state index in [2.05, 4.69) is 57.4 Å². The number of hydrogen-bond acceptors (Lipinski definition) is 5. The number of para-hydroxylation sites is 1. The fourth-order valence-electron chi connectivity index (χ4n) is 4.25. The van der Waals surface area contributed by atoms with Crippen molar-refractivity contribution in [2.75, 3.05) is 36.4 Å². The molecule has 0 spiro atoms. The lowest BCUT2D eigenvalue weighted by atomic mass is 10.1. The summed E-state index contributed by atoms with van der Waals surface area (Å²) in [6, 6.07) is 16.5. The van der Waals surface area contributed by atoms with E-state index in [4.69, 9.17) is 4.98 Å². The van der Waals surface area contributed by atoms with Gasteiger partial charge in [0.15, 0.2) is 0 Å². The minimum atomic E-state index is 0.147.